The number of esters is 1. The number of nitrogens with one attached hydrogen (secondary N) is 2. The Hall–Kier alpha value is -2.45. The summed E-state index contributed by atoms with van der Waals surface area (Å²) in [6.45, 7) is 4.89. The summed E-state index contributed by atoms with van der Waals surface area (Å²) in [5.74, 6) is 0.482. The first kappa shape index (κ1) is 22.8. The highest BCUT2D eigenvalue weighted by Gasteiger charge is 2.12. The Balaban J connectivity index is 1.92. The lowest BCUT2D eigenvalue weighted by Gasteiger charge is -2.12. The predicted molar refractivity (Wildman–Crippen MR) is 121 cm³/mol. The van der Waals surface area contributed by atoms with Crippen LogP contribution in [0.4, 0.5) is 5.69 Å². The molecule has 2 rings (SSSR count). The van der Waals surface area contributed by atoms with E-state index in [0.29, 0.717) is 39.6 Å². The summed E-state index contributed by atoms with van der Waals surface area (Å²) in [7, 11) is 1.32. The van der Waals surface area contributed by atoms with E-state index in [2.05, 4.69) is 45.1 Å². The highest BCUT2D eigenvalue weighted by molar-refractivity contribution is 9.10. The van der Waals surface area contributed by atoms with Crippen LogP contribution in [-0.4, -0.2) is 30.7 Å². The smallest absolute Gasteiger partial charge is 0.337 e. The van der Waals surface area contributed by atoms with Gasteiger partial charge >= 0.3 is 5.97 Å². The molecule has 0 aliphatic carbocycles. The van der Waals surface area contributed by atoms with Crippen molar-refractivity contribution in [2.24, 2.45) is 5.92 Å². The minimum absolute atomic E-state index is 0.147. The second kappa shape index (κ2) is 10.9. The van der Waals surface area contributed by atoms with E-state index >= 15 is 0 Å². The van der Waals surface area contributed by atoms with Gasteiger partial charge in [0.25, 0.3) is 5.91 Å². The van der Waals surface area contributed by atoms with Gasteiger partial charge in [-0.05, 0) is 83.0 Å². The Morgan fingerprint density at radius 3 is 2.34 bits per heavy atom. The van der Waals surface area contributed by atoms with Crippen LogP contribution in [0, 0.1) is 5.92 Å². The number of amides is 1. The van der Waals surface area contributed by atoms with Crippen LogP contribution in [0.1, 0.15) is 41.0 Å². The molecule has 0 radical (unpaired) electrons. The minimum atomic E-state index is -0.422. The summed E-state index contributed by atoms with van der Waals surface area (Å²) in [6, 6.07) is 11.7. The molecule has 0 bridgehead atoms. The molecule has 6 nitrogen and oxygen atoms in total. The van der Waals surface area contributed by atoms with Crippen LogP contribution >= 0.6 is 28.1 Å². The summed E-state index contributed by atoms with van der Waals surface area (Å²) < 4.78 is 11.1. The Labute approximate surface area is 184 Å². The van der Waals surface area contributed by atoms with Gasteiger partial charge in [0.2, 0.25) is 0 Å². The molecule has 2 aromatic carbocycles. The molecule has 29 heavy (non-hydrogen) atoms. The van der Waals surface area contributed by atoms with Crippen LogP contribution in [0.15, 0.2) is 46.9 Å². The van der Waals surface area contributed by atoms with E-state index in [1.54, 1.807) is 42.5 Å². The van der Waals surface area contributed by atoms with Crippen LogP contribution in [0.25, 0.3) is 0 Å². The maximum absolute atomic E-state index is 12.4. The van der Waals surface area contributed by atoms with Crippen molar-refractivity contribution in [1.82, 2.24) is 5.32 Å². The zero-order chi connectivity index (χ0) is 21.4. The van der Waals surface area contributed by atoms with Gasteiger partial charge in [0.15, 0.2) is 5.11 Å². The van der Waals surface area contributed by atoms with Crippen LogP contribution < -0.4 is 15.4 Å². The van der Waals surface area contributed by atoms with Gasteiger partial charge in [-0.2, -0.15) is 0 Å². The molecule has 8 heteroatoms. The van der Waals surface area contributed by atoms with Gasteiger partial charge < -0.3 is 14.8 Å². The summed E-state index contributed by atoms with van der Waals surface area (Å²) >= 11 is 8.62. The third kappa shape index (κ3) is 7.14. The number of hydrogen-bond donors (Lipinski definition) is 2. The Morgan fingerprint density at radius 1 is 1.10 bits per heavy atom. The van der Waals surface area contributed by atoms with Gasteiger partial charge in [-0.15, -0.1) is 0 Å². The molecule has 0 fully saturated rings. The lowest BCUT2D eigenvalue weighted by atomic mass is 10.1. The molecule has 0 aliphatic rings. The van der Waals surface area contributed by atoms with E-state index in [0.717, 1.165) is 6.42 Å². The molecule has 0 saturated heterocycles. The Kier molecular flexibility index (Phi) is 8.60. The average Bonchev–Trinajstić information content (AvgIpc) is 2.68. The maximum Gasteiger partial charge on any atom is 0.337 e. The second-order valence-electron chi connectivity index (χ2n) is 6.65. The summed E-state index contributed by atoms with van der Waals surface area (Å²) in [6.07, 6.45) is 0.954. The highest BCUT2D eigenvalue weighted by Crippen LogP contribution is 2.26. The summed E-state index contributed by atoms with van der Waals surface area (Å²) in [5.41, 5.74) is 1.50. The average molecular weight is 479 g/mol. The molecule has 0 spiro atoms. The standard InChI is InChI=1S/C21H23BrN2O4S/c1-13(2)10-11-28-18-9-6-15(12-17(18)22)19(25)24-21(29)23-16-7-4-14(5-8-16)20(26)27-3/h4-9,12-13H,10-11H2,1-3H3,(H2,23,24,25,29). The predicted octanol–water partition coefficient (Wildman–Crippen LogP) is 4.79. The number of thiocarbonyl (C=S) groups is 1. The van der Waals surface area contributed by atoms with Crippen molar-refractivity contribution in [2.45, 2.75) is 20.3 Å². The number of anilines is 1. The number of methoxy groups -OCH3 is 1. The van der Waals surface area contributed by atoms with E-state index < -0.39 is 5.97 Å². The van der Waals surface area contributed by atoms with Crippen molar-refractivity contribution < 1.29 is 19.1 Å². The Morgan fingerprint density at radius 2 is 1.76 bits per heavy atom. The molecule has 2 N–H and O–H groups in total. The van der Waals surface area contributed by atoms with Crippen LogP contribution in [-0.2, 0) is 4.74 Å². The van der Waals surface area contributed by atoms with Gasteiger partial charge in [0.1, 0.15) is 5.75 Å². The first-order valence-corrected chi connectivity index (χ1v) is 10.2. The monoisotopic (exact) mass is 478 g/mol. The van der Waals surface area contributed by atoms with Crippen molar-refractivity contribution in [1.29, 1.82) is 0 Å². The molecule has 0 atom stereocenters. The minimum Gasteiger partial charge on any atom is -0.492 e. The third-order valence-electron chi connectivity index (χ3n) is 3.94. The molecule has 154 valence electrons. The molecule has 0 unspecified atom stereocenters. The van der Waals surface area contributed by atoms with E-state index in [1.807, 2.05) is 0 Å². The molecule has 0 aromatic heterocycles. The molecule has 2 aromatic rings. The molecule has 0 saturated carbocycles. The maximum atomic E-state index is 12.4. The lowest BCUT2D eigenvalue weighted by Crippen LogP contribution is -2.34. The zero-order valence-corrected chi connectivity index (χ0v) is 18.9. The SMILES string of the molecule is COC(=O)c1ccc(NC(=S)NC(=O)c2ccc(OCCC(C)C)c(Br)c2)cc1. The van der Waals surface area contributed by atoms with Crippen LogP contribution in [0.3, 0.4) is 0 Å². The number of benzene rings is 2. The van der Waals surface area contributed by atoms with Gasteiger partial charge in [-0.25, -0.2) is 4.79 Å². The van der Waals surface area contributed by atoms with Gasteiger partial charge in [0.05, 0.1) is 23.8 Å². The van der Waals surface area contributed by atoms with Crippen molar-refractivity contribution in [3.63, 3.8) is 0 Å². The quantitative estimate of drug-likeness (QED) is 0.440. The summed E-state index contributed by atoms with van der Waals surface area (Å²) in [5, 5.41) is 5.68. The fourth-order valence-corrected chi connectivity index (χ4v) is 3.01. The number of ether oxygens (including phenoxy) is 2. The van der Waals surface area contributed by atoms with E-state index in [4.69, 9.17) is 17.0 Å². The first-order valence-electron chi connectivity index (χ1n) is 9.03. The van der Waals surface area contributed by atoms with Gasteiger partial charge in [-0.1, -0.05) is 13.8 Å². The van der Waals surface area contributed by atoms with Crippen molar-refractivity contribution >= 4 is 50.8 Å². The largest absolute Gasteiger partial charge is 0.492 e. The molecular weight excluding hydrogens is 456 g/mol. The molecule has 0 heterocycles. The molecular formula is C21H23BrN2O4S. The van der Waals surface area contributed by atoms with Gasteiger partial charge in [-0.3, -0.25) is 10.1 Å². The number of carbonyl (C=O) groups is 2. The fraction of sp³-hybridized carbons (Fsp3) is 0.286. The summed E-state index contributed by atoms with van der Waals surface area (Å²) in [4.78, 5) is 23.9. The van der Waals surface area contributed by atoms with E-state index in [-0.39, 0.29) is 11.0 Å². The van der Waals surface area contributed by atoms with Crippen LogP contribution in [0.5, 0.6) is 5.75 Å². The molecule has 0 aliphatic heterocycles. The second-order valence-corrected chi connectivity index (χ2v) is 7.92. The fourth-order valence-electron chi connectivity index (χ4n) is 2.31. The number of carbonyl (C=O) groups excluding carboxylic acids is 2. The topological polar surface area (TPSA) is 76.7 Å². The lowest BCUT2D eigenvalue weighted by molar-refractivity contribution is 0.0600. The third-order valence-corrected chi connectivity index (χ3v) is 4.76. The number of halogens is 1. The van der Waals surface area contributed by atoms with Crippen LogP contribution in [0.2, 0.25) is 0 Å². The number of hydrogen-bond acceptors (Lipinski definition) is 5. The van der Waals surface area contributed by atoms with Crippen molar-refractivity contribution in [3.8, 4) is 5.75 Å². The number of rotatable bonds is 7. The zero-order valence-electron chi connectivity index (χ0n) is 16.5. The van der Waals surface area contributed by atoms with E-state index in [1.165, 1.54) is 7.11 Å². The molecule has 1 amide bonds. The first-order chi connectivity index (χ1) is 13.8. The normalized spacial score (nSPS) is 10.4. The van der Waals surface area contributed by atoms with E-state index in [9.17, 15) is 9.59 Å². The Bertz CT molecular complexity index is 885. The van der Waals surface area contributed by atoms with Crippen molar-refractivity contribution in [2.75, 3.05) is 19.0 Å². The van der Waals surface area contributed by atoms with Crippen molar-refractivity contribution in [3.05, 3.63) is 58.1 Å². The van der Waals surface area contributed by atoms with Gasteiger partial charge in [0, 0.05) is 11.3 Å². The highest BCUT2D eigenvalue weighted by atomic mass is 79.9.